The molecule has 5 nitrogen and oxygen atoms in total. The largest absolute Gasteiger partial charge is 0.416 e. The van der Waals surface area contributed by atoms with Crippen molar-refractivity contribution in [2.24, 2.45) is 0 Å². The van der Waals surface area contributed by atoms with Gasteiger partial charge < -0.3 is 9.09 Å². The summed E-state index contributed by atoms with van der Waals surface area (Å²) in [7, 11) is 0. The lowest BCUT2D eigenvalue weighted by molar-refractivity contribution is -0.137. The average molecular weight is 356 g/mol. The molecule has 0 aliphatic heterocycles. The smallest absolute Gasteiger partial charge is 0.338 e. The summed E-state index contributed by atoms with van der Waals surface area (Å²) in [6.45, 7) is 4.28. The first-order chi connectivity index (χ1) is 11.4. The van der Waals surface area contributed by atoms with E-state index in [1.54, 1.807) is 11.5 Å². The van der Waals surface area contributed by atoms with Crippen molar-refractivity contribution in [3.8, 4) is 0 Å². The highest BCUT2D eigenvalue weighted by atomic mass is 32.2. The lowest BCUT2D eigenvalue weighted by atomic mass is 10.2. The highest BCUT2D eigenvalue weighted by Gasteiger charge is 2.31. The highest BCUT2D eigenvalue weighted by molar-refractivity contribution is 7.98. The molecule has 0 unspecified atom stereocenters. The van der Waals surface area contributed by atoms with Crippen molar-refractivity contribution in [1.29, 1.82) is 0 Å². The van der Waals surface area contributed by atoms with Crippen molar-refractivity contribution in [3.63, 3.8) is 0 Å². The molecule has 1 aromatic carbocycles. The predicted molar refractivity (Wildman–Crippen MR) is 83.6 cm³/mol. The first-order valence-electron chi connectivity index (χ1n) is 7.38. The number of halogens is 3. The fraction of sp³-hybridized carbons (Fsp3) is 0.400. The first-order valence-corrected chi connectivity index (χ1v) is 8.36. The molecular formula is C15H15F3N4OS. The summed E-state index contributed by atoms with van der Waals surface area (Å²) in [5.74, 6) is 1.42. The van der Waals surface area contributed by atoms with Crippen molar-refractivity contribution in [2.45, 2.75) is 43.9 Å². The van der Waals surface area contributed by atoms with Crippen LogP contribution in [-0.2, 0) is 18.5 Å². The van der Waals surface area contributed by atoms with Gasteiger partial charge >= 0.3 is 6.18 Å². The third-order valence-electron chi connectivity index (χ3n) is 3.38. The number of alkyl halides is 3. The molecule has 0 atom stereocenters. The molecule has 3 rings (SSSR count). The number of aromatic nitrogens is 4. The number of hydrogen-bond acceptors (Lipinski definition) is 5. The van der Waals surface area contributed by atoms with Crippen LogP contribution in [0.15, 0.2) is 27.9 Å². The molecule has 24 heavy (non-hydrogen) atoms. The molecule has 0 aliphatic rings. The van der Waals surface area contributed by atoms with E-state index in [0.29, 0.717) is 40.2 Å². The van der Waals surface area contributed by atoms with Crippen LogP contribution in [0, 0.1) is 6.92 Å². The lowest BCUT2D eigenvalue weighted by Gasteiger charge is -2.09. The summed E-state index contributed by atoms with van der Waals surface area (Å²) in [6.07, 6.45) is -3.58. The van der Waals surface area contributed by atoms with E-state index in [0.717, 1.165) is 18.6 Å². The third-order valence-corrected chi connectivity index (χ3v) is 4.34. The van der Waals surface area contributed by atoms with E-state index >= 15 is 0 Å². The molecule has 0 fully saturated rings. The fourth-order valence-corrected chi connectivity index (χ4v) is 3.23. The molecule has 0 spiro atoms. The molecule has 2 heterocycles. The maximum atomic E-state index is 12.9. The Labute approximate surface area is 140 Å². The fourth-order valence-electron chi connectivity index (χ4n) is 2.35. The first kappa shape index (κ1) is 16.8. The van der Waals surface area contributed by atoms with E-state index in [9.17, 15) is 13.2 Å². The van der Waals surface area contributed by atoms with Crippen molar-refractivity contribution in [2.75, 3.05) is 0 Å². The van der Waals surface area contributed by atoms with Gasteiger partial charge in [-0.1, -0.05) is 23.8 Å². The Balaban J connectivity index is 1.95. The van der Waals surface area contributed by atoms with E-state index in [2.05, 4.69) is 15.1 Å². The molecule has 3 aromatic rings. The standard InChI is InChI=1S/C15H15F3N4OS/c1-3-6-22-12-7-10(15(16,17)18)4-5-11(12)20-14(22)24-8-13-19-9(2)21-23-13/h4-5,7H,3,6,8H2,1-2H3. The predicted octanol–water partition coefficient (Wildman–Crippen LogP) is 4.45. The Morgan fingerprint density at radius 1 is 1.25 bits per heavy atom. The highest BCUT2D eigenvalue weighted by Crippen LogP contribution is 2.33. The van der Waals surface area contributed by atoms with Crippen LogP contribution in [0.1, 0.15) is 30.6 Å². The Morgan fingerprint density at radius 3 is 2.67 bits per heavy atom. The number of fused-ring (bicyclic) bond motifs is 1. The Hall–Kier alpha value is -2.03. The summed E-state index contributed by atoms with van der Waals surface area (Å²) in [4.78, 5) is 8.56. The summed E-state index contributed by atoms with van der Waals surface area (Å²) in [5, 5.41) is 4.36. The van der Waals surface area contributed by atoms with Crippen LogP contribution in [-0.4, -0.2) is 19.7 Å². The monoisotopic (exact) mass is 356 g/mol. The van der Waals surface area contributed by atoms with Crippen molar-refractivity contribution in [3.05, 3.63) is 35.5 Å². The number of aryl methyl sites for hydroxylation is 2. The normalized spacial score (nSPS) is 12.2. The van der Waals surface area contributed by atoms with E-state index < -0.39 is 11.7 Å². The number of benzene rings is 1. The molecule has 0 radical (unpaired) electrons. The summed E-state index contributed by atoms with van der Waals surface area (Å²) < 4.78 is 45.7. The van der Waals surface area contributed by atoms with Crippen LogP contribution in [0.3, 0.4) is 0 Å². The molecular weight excluding hydrogens is 341 g/mol. The van der Waals surface area contributed by atoms with Crippen LogP contribution < -0.4 is 0 Å². The van der Waals surface area contributed by atoms with E-state index in [1.807, 2.05) is 6.92 Å². The summed E-state index contributed by atoms with van der Waals surface area (Å²) in [6, 6.07) is 3.62. The minimum atomic E-state index is -4.37. The minimum Gasteiger partial charge on any atom is -0.338 e. The molecule has 0 saturated carbocycles. The molecule has 0 N–H and O–H groups in total. The van der Waals surface area contributed by atoms with Crippen molar-refractivity contribution in [1.82, 2.24) is 19.7 Å². The van der Waals surface area contributed by atoms with E-state index in [-0.39, 0.29) is 0 Å². The SMILES string of the molecule is CCCn1c(SCc2nc(C)no2)nc2ccc(C(F)(F)F)cc21. The summed E-state index contributed by atoms with van der Waals surface area (Å²) in [5.41, 5.74) is 0.355. The van der Waals surface area contributed by atoms with Crippen LogP contribution in [0.25, 0.3) is 11.0 Å². The molecule has 0 aliphatic carbocycles. The van der Waals surface area contributed by atoms with Gasteiger partial charge in [0.05, 0.1) is 22.3 Å². The maximum absolute atomic E-state index is 12.9. The van der Waals surface area contributed by atoms with Crippen molar-refractivity contribution < 1.29 is 17.7 Å². The number of thioether (sulfide) groups is 1. The Bertz CT molecular complexity index is 856. The van der Waals surface area contributed by atoms with Crippen LogP contribution in [0.2, 0.25) is 0 Å². The van der Waals surface area contributed by atoms with Crippen LogP contribution in [0.4, 0.5) is 13.2 Å². The second-order valence-corrected chi connectivity index (χ2v) is 6.21. The second-order valence-electron chi connectivity index (χ2n) is 5.27. The molecule has 9 heteroatoms. The zero-order chi connectivity index (χ0) is 17.3. The Morgan fingerprint density at radius 2 is 2.04 bits per heavy atom. The second kappa shape index (κ2) is 6.46. The van der Waals surface area contributed by atoms with Gasteiger partial charge in [-0.15, -0.1) is 0 Å². The van der Waals surface area contributed by atoms with Gasteiger partial charge in [0.25, 0.3) is 0 Å². The van der Waals surface area contributed by atoms with Gasteiger partial charge in [-0.25, -0.2) is 4.98 Å². The molecule has 0 amide bonds. The quantitative estimate of drug-likeness (QED) is 0.632. The topological polar surface area (TPSA) is 56.7 Å². The van der Waals surface area contributed by atoms with Gasteiger partial charge in [-0.05, 0) is 31.5 Å². The van der Waals surface area contributed by atoms with Gasteiger partial charge in [0.15, 0.2) is 11.0 Å². The van der Waals surface area contributed by atoms with E-state index in [1.165, 1.54) is 17.8 Å². The minimum absolute atomic E-state index is 0.417. The van der Waals surface area contributed by atoms with Crippen LogP contribution in [0.5, 0.6) is 0 Å². The third kappa shape index (κ3) is 3.40. The van der Waals surface area contributed by atoms with Gasteiger partial charge in [-0.3, -0.25) is 0 Å². The van der Waals surface area contributed by atoms with Crippen LogP contribution >= 0.6 is 11.8 Å². The summed E-state index contributed by atoms with van der Waals surface area (Å²) >= 11 is 1.37. The van der Waals surface area contributed by atoms with Gasteiger partial charge in [-0.2, -0.15) is 18.2 Å². The van der Waals surface area contributed by atoms with Gasteiger partial charge in [0, 0.05) is 6.54 Å². The number of rotatable bonds is 5. The number of nitrogens with zero attached hydrogens (tertiary/aromatic N) is 4. The van der Waals surface area contributed by atoms with Gasteiger partial charge in [0.1, 0.15) is 0 Å². The van der Waals surface area contributed by atoms with Gasteiger partial charge in [0.2, 0.25) is 5.89 Å². The molecule has 0 saturated heterocycles. The number of hydrogen-bond donors (Lipinski definition) is 0. The zero-order valence-corrected chi connectivity index (χ0v) is 13.9. The maximum Gasteiger partial charge on any atom is 0.416 e. The number of imidazole rings is 1. The average Bonchev–Trinajstić information content (AvgIpc) is 3.08. The van der Waals surface area contributed by atoms with Crippen molar-refractivity contribution >= 4 is 22.8 Å². The molecule has 0 bridgehead atoms. The molecule has 2 aromatic heterocycles. The Kier molecular flexibility index (Phi) is 4.53. The lowest BCUT2D eigenvalue weighted by Crippen LogP contribution is -2.05. The zero-order valence-electron chi connectivity index (χ0n) is 13.1. The van der Waals surface area contributed by atoms with E-state index in [4.69, 9.17) is 4.52 Å². The molecule has 128 valence electrons.